The molecule has 22 atom stereocenters. The van der Waals surface area contributed by atoms with Crippen molar-refractivity contribution in [3.8, 4) is 11.5 Å². The van der Waals surface area contributed by atoms with E-state index in [4.69, 9.17) is 49.7 Å². The lowest BCUT2D eigenvalue weighted by Crippen LogP contribution is -2.65. The maximum absolute atomic E-state index is 14.2. The molecule has 17 unspecified atom stereocenters. The van der Waals surface area contributed by atoms with Crippen molar-refractivity contribution in [3.05, 3.63) is 131 Å². The van der Waals surface area contributed by atoms with E-state index in [0.29, 0.717) is 23.5 Å². The lowest BCUT2D eigenvalue weighted by atomic mass is 9.96. The van der Waals surface area contributed by atoms with Gasteiger partial charge in [0, 0.05) is 32.0 Å². The van der Waals surface area contributed by atoms with E-state index in [9.17, 15) is 84.9 Å². The second-order valence-electron chi connectivity index (χ2n) is 25.9. The largest absolute Gasteiger partial charge is 0.489 e. The molecule has 23 N–H and O–H groups in total. The third kappa shape index (κ3) is 20.7. The number of carbonyl (C=O) groups excluding carboxylic acids is 6. The summed E-state index contributed by atoms with van der Waals surface area (Å²) in [6.45, 7) is -1.45. The third-order valence-electron chi connectivity index (χ3n) is 18.3. The summed E-state index contributed by atoms with van der Waals surface area (Å²) in [5, 5.41) is 155. The number of carbonyl (C=O) groups is 5. The van der Waals surface area contributed by atoms with Gasteiger partial charge in [0.2, 0.25) is 42.1 Å². The van der Waals surface area contributed by atoms with E-state index in [1.54, 1.807) is 61.7 Å². The molecule has 36 heteroatoms. The number of guanidine groups is 2. The molecule has 0 spiro atoms. The molecule has 5 amide bonds. The van der Waals surface area contributed by atoms with Crippen LogP contribution in [0, 0.1) is 17.7 Å². The lowest BCUT2D eigenvalue weighted by molar-refractivity contribution is -0.353. The zero-order valence-electron chi connectivity index (χ0n) is 56.5. The maximum atomic E-state index is 14.2. The predicted octanol–water partition coefficient (Wildman–Crippen LogP) is -7.64. The number of hydrogen-bond acceptors (Lipinski definition) is 27. The smallest absolute Gasteiger partial charge is 0.245 e. The zero-order valence-corrected chi connectivity index (χ0v) is 56.5. The summed E-state index contributed by atoms with van der Waals surface area (Å²) < 4.78 is 40.7. The van der Waals surface area contributed by atoms with Crippen LogP contribution in [0.25, 0.3) is 0 Å². The van der Waals surface area contributed by atoms with Gasteiger partial charge in [-0.3, -0.25) is 39.6 Å². The Kier molecular flexibility index (Phi) is 28.6. The highest BCUT2D eigenvalue weighted by Gasteiger charge is 2.53. The first-order chi connectivity index (χ1) is 49.9. The zero-order chi connectivity index (χ0) is 74.9. The van der Waals surface area contributed by atoms with Crippen LogP contribution >= 0.6 is 0 Å². The van der Waals surface area contributed by atoms with Crippen molar-refractivity contribution in [2.75, 3.05) is 46.1 Å². The molecule has 5 fully saturated rings. The second kappa shape index (κ2) is 37.4. The van der Waals surface area contributed by atoms with Crippen LogP contribution in [0.1, 0.15) is 40.7 Å². The van der Waals surface area contributed by atoms with Crippen LogP contribution in [-0.2, 0) is 78.5 Å². The number of benzene rings is 4. The van der Waals surface area contributed by atoms with E-state index in [0.717, 1.165) is 21.6 Å². The highest BCUT2D eigenvalue weighted by Crippen LogP contribution is 2.32. The summed E-state index contributed by atoms with van der Waals surface area (Å²) >= 11 is 0. The van der Waals surface area contributed by atoms with Crippen molar-refractivity contribution < 1.29 is 118 Å². The number of nitrogens with one attached hydrogen (secondary N) is 10. The third-order valence-corrected chi connectivity index (χ3v) is 18.3. The van der Waals surface area contributed by atoms with Crippen molar-refractivity contribution in [2.45, 2.75) is 180 Å². The SMILES string of the molecule is Cc1ccccc1C[C@H](NC(=O)CNC(=O)[C@H](CO)NC(=O)[C@H](CC1CNC(=N)N1C1OC(CO)C(O)C(O)C1O)NC(=O)[C@@H](N)CC1CNC(=N)N1)C(=O)N[C@H]([C]=O)Cc1ccc(OC2OC(CO)C(OC3OC(COCc4ccc(OCc5ccccc5)cc4)C(O)C(O)C3O)C(O)C2O)cc1. The molecule has 9 rings (SSSR count). The van der Waals surface area contributed by atoms with E-state index in [1.165, 1.54) is 24.3 Å². The highest BCUT2D eigenvalue weighted by molar-refractivity contribution is 5.95. The van der Waals surface area contributed by atoms with E-state index in [2.05, 4.69) is 42.5 Å². The van der Waals surface area contributed by atoms with Gasteiger partial charge in [-0.1, -0.05) is 78.9 Å². The Morgan fingerprint density at radius 3 is 1.91 bits per heavy atom. The number of rotatable bonds is 34. The number of hydrogen-bond donors (Lipinski definition) is 22. The number of aliphatic hydroxyl groups excluding tert-OH is 11. The quantitative estimate of drug-likeness (QED) is 0.0207. The molecule has 5 heterocycles. The first-order valence-electron chi connectivity index (χ1n) is 33.7. The van der Waals surface area contributed by atoms with Crippen LogP contribution in [0.5, 0.6) is 11.5 Å². The molecular weight excluding hydrogens is 1370 g/mol. The van der Waals surface area contributed by atoms with Crippen LogP contribution in [0.2, 0.25) is 0 Å². The van der Waals surface area contributed by atoms with Gasteiger partial charge >= 0.3 is 0 Å². The Hall–Kier alpha value is -8.64. The first kappa shape index (κ1) is 79.5. The van der Waals surface area contributed by atoms with Gasteiger partial charge in [0.25, 0.3) is 0 Å². The van der Waals surface area contributed by atoms with Crippen LogP contribution in [0.15, 0.2) is 103 Å². The van der Waals surface area contributed by atoms with Crippen LogP contribution in [0.4, 0.5) is 0 Å². The van der Waals surface area contributed by atoms with E-state index in [-0.39, 0.29) is 63.2 Å². The summed E-state index contributed by atoms with van der Waals surface area (Å²) in [6.07, 6.45) is -24.0. The number of nitrogens with zero attached hydrogens (tertiary/aromatic N) is 1. The molecule has 4 aromatic carbocycles. The summed E-state index contributed by atoms with van der Waals surface area (Å²) in [6, 6.07) is 20.6. The topological polar surface area (TPSA) is 563 Å². The Labute approximate surface area is 596 Å². The van der Waals surface area contributed by atoms with Crippen molar-refractivity contribution in [3.63, 3.8) is 0 Å². The number of aryl methyl sites for hydroxylation is 1. The monoisotopic (exact) mass is 1460 g/mol. The van der Waals surface area contributed by atoms with Gasteiger partial charge < -0.3 is 142 Å². The molecule has 1 radical (unpaired) electrons. The summed E-state index contributed by atoms with van der Waals surface area (Å²) in [7, 11) is 0. The van der Waals surface area contributed by atoms with Crippen molar-refractivity contribution in [2.24, 2.45) is 5.73 Å². The van der Waals surface area contributed by atoms with Crippen LogP contribution in [0.3, 0.4) is 0 Å². The van der Waals surface area contributed by atoms with Gasteiger partial charge in [0.15, 0.2) is 24.4 Å². The molecule has 567 valence electrons. The number of ether oxygens (including phenoxy) is 7. The molecule has 0 bridgehead atoms. The van der Waals surface area contributed by atoms with Crippen LogP contribution < -0.4 is 57.7 Å². The fourth-order valence-corrected chi connectivity index (χ4v) is 12.4. The fourth-order valence-electron chi connectivity index (χ4n) is 12.4. The standard InChI is InChI=1S/C68H91N12O24/c1-33-7-5-6-10-37(33)20-44(77-50(85)25-72-61(95)46(27-82)79-63(97)45(78-60(94)43(69)21-38-23-73-67(70)76-38)22-40-24-74-68(71)80(40)64-56(91)53(88)51(86)47(28-83)101-64)62(96)75-39(26-81)19-34-11-17-42(18-12-34)100-65-58(93)55(90)59(48(29-84)102-65)104-66-57(92)54(89)52(87)49(103-66)32-98-30-36-13-15-41(16-14-36)99-31-35-8-3-2-4-9-35/h2-18,38-40,43-49,51-59,64-66,82-84,86-93H,19-25,27-32,69H2,1H3,(H2,71,74)(H,72,95)(H,75,96)(H,77,85)(H,78,94)(H,79,97)(H3,70,73,76)/t38?,39-,40?,43-,44-,45-,46-,47?,48?,49?,51?,52?,53?,54?,55?,56?,57?,58?,59?,64?,65?,66?/m0/s1. The van der Waals surface area contributed by atoms with Gasteiger partial charge in [0.1, 0.15) is 109 Å². The number of nitrogens with two attached hydrogens (primary N) is 1. The molecule has 5 aliphatic heterocycles. The van der Waals surface area contributed by atoms with Crippen molar-refractivity contribution in [1.82, 2.24) is 47.4 Å². The Balaban J connectivity index is 0.772. The van der Waals surface area contributed by atoms with Gasteiger partial charge in [0.05, 0.1) is 57.7 Å². The molecule has 0 aliphatic carbocycles. The molecule has 5 aliphatic rings. The van der Waals surface area contributed by atoms with Crippen LogP contribution in [-0.4, -0.2) is 289 Å². The second-order valence-corrected chi connectivity index (χ2v) is 25.9. The van der Waals surface area contributed by atoms with Gasteiger partial charge in [-0.2, -0.15) is 0 Å². The molecular formula is C68H91N12O24. The van der Waals surface area contributed by atoms with E-state index < -0.39 is 197 Å². The maximum Gasteiger partial charge on any atom is 0.245 e. The fraction of sp³-hybridized carbons (Fsp3) is 0.529. The van der Waals surface area contributed by atoms with E-state index >= 15 is 0 Å². The predicted molar refractivity (Wildman–Crippen MR) is 360 cm³/mol. The normalized spacial score (nSPS) is 28.9. The molecule has 0 saturated carbocycles. The lowest BCUT2D eigenvalue weighted by Gasteiger charge is -2.46. The minimum atomic E-state index is -1.87. The van der Waals surface area contributed by atoms with Gasteiger partial charge in [-0.25, -0.2) is 0 Å². The average Bonchev–Trinajstić information content (AvgIpc) is 1.37. The van der Waals surface area contributed by atoms with E-state index in [1.807, 2.05) is 30.3 Å². The molecule has 0 aromatic heterocycles. The Morgan fingerprint density at radius 2 is 1.24 bits per heavy atom. The Bertz CT molecular complexity index is 3520. The Morgan fingerprint density at radius 1 is 0.615 bits per heavy atom. The summed E-state index contributed by atoms with van der Waals surface area (Å²) in [5.74, 6) is -4.52. The first-order valence-corrected chi connectivity index (χ1v) is 33.7. The summed E-state index contributed by atoms with van der Waals surface area (Å²) in [4.78, 5) is 83.1. The average molecular weight is 1460 g/mol. The van der Waals surface area contributed by atoms with Crippen molar-refractivity contribution >= 4 is 47.7 Å². The van der Waals surface area contributed by atoms with Gasteiger partial charge in [-0.15, -0.1) is 0 Å². The molecule has 5 saturated heterocycles. The highest BCUT2D eigenvalue weighted by atomic mass is 16.7. The van der Waals surface area contributed by atoms with Gasteiger partial charge in [-0.05, 0) is 71.8 Å². The minimum absolute atomic E-state index is 0.00262. The molecule has 104 heavy (non-hydrogen) atoms. The number of aliphatic hydroxyl groups is 11. The molecule has 4 aromatic rings. The van der Waals surface area contributed by atoms with Crippen molar-refractivity contribution in [1.29, 1.82) is 10.8 Å². The number of amides is 5. The minimum Gasteiger partial charge on any atom is -0.489 e. The summed E-state index contributed by atoms with van der Waals surface area (Å²) in [5.41, 5.74) is 9.77. The molecule has 36 nitrogen and oxygen atoms in total.